The summed E-state index contributed by atoms with van der Waals surface area (Å²) in [7, 11) is 1.70. The van der Waals surface area contributed by atoms with Gasteiger partial charge in [-0.05, 0) is 24.5 Å². The molecule has 1 aromatic rings. The third-order valence-electron chi connectivity index (χ3n) is 4.28. The molecule has 1 aliphatic heterocycles. The number of fused-ring (bicyclic) bond motifs is 1. The Morgan fingerprint density at radius 2 is 1.91 bits per heavy atom. The third-order valence-corrected chi connectivity index (χ3v) is 4.28. The summed E-state index contributed by atoms with van der Waals surface area (Å²) in [5, 5.41) is 0. The second-order valence-electron chi connectivity index (χ2n) is 7.12. The molecular formula is C18H26N2O2. The lowest BCUT2D eigenvalue weighted by Crippen LogP contribution is -2.47. The van der Waals surface area contributed by atoms with Crippen LogP contribution in [0.3, 0.4) is 0 Å². The van der Waals surface area contributed by atoms with Gasteiger partial charge in [-0.25, -0.2) is 0 Å². The molecule has 1 atom stereocenters. The highest BCUT2D eigenvalue weighted by Crippen LogP contribution is 2.29. The maximum absolute atomic E-state index is 12.6. The summed E-state index contributed by atoms with van der Waals surface area (Å²) < 4.78 is 0. The predicted molar refractivity (Wildman–Crippen MR) is 87.4 cm³/mol. The maximum Gasteiger partial charge on any atom is 0.242 e. The minimum atomic E-state index is -0.463. The quantitative estimate of drug-likeness (QED) is 0.842. The van der Waals surface area contributed by atoms with E-state index >= 15 is 0 Å². The summed E-state index contributed by atoms with van der Waals surface area (Å²) in [5.41, 5.74) is 2.07. The SMILES string of the molecule is CC1c2ccccc2CCN1C(=O)CN(C)C(=O)C(C)(C)C. The van der Waals surface area contributed by atoms with Crippen molar-refractivity contribution in [2.24, 2.45) is 5.41 Å². The Kier molecular flexibility index (Phi) is 4.59. The van der Waals surface area contributed by atoms with E-state index in [1.807, 2.05) is 37.8 Å². The fourth-order valence-corrected chi connectivity index (χ4v) is 3.05. The molecule has 120 valence electrons. The second kappa shape index (κ2) is 6.11. The molecule has 0 bridgehead atoms. The number of amides is 2. The van der Waals surface area contributed by atoms with Gasteiger partial charge in [0.05, 0.1) is 12.6 Å². The molecule has 2 rings (SSSR count). The van der Waals surface area contributed by atoms with Crippen molar-refractivity contribution in [1.82, 2.24) is 9.80 Å². The predicted octanol–water partition coefficient (Wildman–Crippen LogP) is 2.64. The molecule has 0 aromatic heterocycles. The molecule has 0 fully saturated rings. The van der Waals surface area contributed by atoms with Gasteiger partial charge in [0.1, 0.15) is 0 Å². The molecule has 1 aromatic carbocycles. The standard InChI is InChI=1S/C18H26N2O2/c1-13-15-9-7-6-8-14(15)10-11-20(13)16(21)12-19(5)17(22)18(2,3)4/h6-9,13H,10-12H2,1-5H3. The van der Waals surface area contributed by atoms with E-state index in [0.717, 1.165) is 6.42 Å². The number of hydrogen-bond donors (Lipinski definition) is 0. The van der Waals surface area contributed by atoms with Crippen LogP contribution in [0, 0.1) is 5.41 Å². The van der Waals surface area contributed by atoms with E-state index in [1.165, 1.54) is 16.0 Å². The van der Waals surface area contributed by atoms with Crippen molar-refractivity contribution >= 4 is 11.8 Å². The molecule has 2 amide bonds. The lowest BCUT2D eigenvalue weighted by Gasteiger charge is -2.36. The van der Waals surface area contributed by atoms with Crippen molar-refractivity contribution < 1.29 is 9.59 Å². The molecule has 0 aliphatic carbocycles. The van der Waals surface area contributed by atoms with E-state index in [-0.39, 0.29) is 24.4 Å². The Hall–Kier alpha value is -1.84. The van der Waals surface area contributed by atoms with Crippen LogP contribution in [0.2, 0.25) is 0 Å². The number of rotatable bonds is 2. The molecule has 1 heterocycles. The maximum atomic E-state index is 12.6. The fraction of sp³-hybridized carbons (Fsp3) is 0.556. The van der Waals surface area contributed by atoms with Crippen LogP contribution < -0.4 is 0 Å². The van der Waals surface area contributed by atoms with Gasteiger partial charge in [-0.2, -0.15) is 0 Å². The first-order valence-electron chi connectivity index (χ1n) is 7.84. The Bertz CT molecular complexity index is 575. The number of hydrogen-bond acceptors (Lipinski definition) is 2. The topological polar surface area (TPSA) is 40.6 Å². The molecule has 0 N–H and O–H groups in total. The van der Waals surface area contributed by atoms with Crippen LogP contribution in [-0.2, 0) is 16.0 Å². The lowest BCUT2D eigenvalue weighted by molar-refractivity contribution is -0.145. The van der Waals surface area contributed by atoms with E-state index in [9.17, 15) is 9.59 Å². The van der Waals surface area contributed by atoms with E-state index < -0.39 is 5.41 Å². The molecule has 0 radical (unpaired) electrons. The van der Waals surface area contributed by atoms with Gasteiger partial charge in [0.2, 0.25) is 11.8 Å². The summed E-state index contributed by atoms with van der Waals surface area (Å²) in [6, 6.07) is 8.33. The first kappa shape index (κ1) is 16.5. The molecule has 1 aliphatic rings. The van der Waals surface area contributed by atoms with Crippen LogP contribution in [0.15, 0.2) is 24.3 Å². The van der Waals surface area contributed by atoms with Crippen LogP contribution in [0.25, 0.3) is 0 Å². The van der Waals surface area contributed by atoms with Crippen molar-refractivity contribution in [3.63, 3.8) is 0 Å². The summed E-state index contributed by atoms with van der Waals surface area (Å²) in [6.45, 7) is 8.53. The molecule has 0 saturated heterocycles. The van der Waals surface area contributed by atoms with Gasteiger partial charge >= 0.3 is 0 Å². The molecule has 1 unspecified atom stereocenters. The van der Waals surface area contributed by atoms with Gasteiger partial charge in [-0.3, -0.25) is 9.59 Å². The highest BCUT2D eigenvalue weighted by molar-refractivity contribution is 5.87. The number of likely N-dealkylation sites (N-methyl/N-ethyl adjacent to an activating group) is 1. The van der Waals surface area contributed by atoms with E-state index in [0.29, 0.717) is 6.54 Å². The molecule has 0 saturated carbocycles. The smallest absolute Gasteiger partial charge is 0.242 e. The average molecular weight is 302 g/mol. The molecule has 0 spiro atoms. The summed E-state index contributed by atoms with van der Waals surface area (Å²) in [6.07, 6.45) is 0.878. The Morgan fingerprint density at radius 3 is 2.55 bits per heavy atom. The minimum Gasteiger partial charge on any atom is -0.336 e. The summed E-state index contributed by atoms with van der Waals surface area (Å²) in [4.78, 5) is 28.2. The first-order chi connectivity index (χ1) is 10.2. The highest BCUT2D eigenvalue weighted by atomic mass is 16.2. The first-order valence-corrected chi connectivity index (χ1v) is 7.84. The second-order valence-corrected chi connectivity index (χ2v) is 7.12. The molecule has 4 nitrogen and oxygen atoms in total. The third kappa shape index (κ3) is 3.32. The Balaban J connectivity index is 2.07. The number of carbonyl (C=O) groups is 2. The van der Waals surface area contributed by atoms with Crippen LogP contribution in [0.4, 0.5) is 0 Å². The van der Waals surface area contributed by atoms with Crippen molar-refractivity contribution in [2.45, 2.75) is 40.2 Å². The van der Waals surface area contributed by atoms with Crippen molar-refractivity contribution in [3.8, 4) is 0 Å². The van der Waals surface area contributed by atoms with Gasteiger partial charge in [-0.15, -0.1) is 0 Å². The fourth-order valence-electron chi connectivity index (χ4n) is 3.05. The van der Waals surface area contributed by atoms with Crippen LogP contribution in [0.5, 0.6) is 0 Å². The lowest BCUT2D eigenvalue weighted by atomic mass is 9.93. The summed E-state index contributed by atoms with van der Waals surface area (Å²) in [5.74, 6) is 0.00742. The van der Waals surface area contributed by atoms with Gasteiger partial charge < -0.3 is 9.80 Å². The van der Waals surface area contributed by atoms with Crippen molar-refractivity contribution in [2.75, 3.05) is 20.1 Å². The van der Waals surface area contributed by atoms with E-state index in [4.69, 9.17) is 0 Å². The molecule has 4 heteroatoms. The Labute approximate surface area is 133 Å². The summed E-state index contributed by atoms with van der Waals surface area (Å²) >= 11 is 0. The zero-order valence-corrected chi connectivity index (χ0v) is 14.2. The van der Waals surface area contributed by atoms with Crippen LogP contribution >= 0.6 is 0 Å². The van der Waals surface area contributed by atoms with Gasteiger partial charge in [0.15, 0.2) is 0 Å². The zero-order valence-electron chi connectivity index (χ0n) is 14.2. The van der Waals surface area contributed by atoms with Gasteiger partial charge in [-0.1, -0.05) is 45.0 Å². The van der Waals surface area contributed by atoms with Crippen molar-refractivity contribution in [3.05, 3.63) is 35.4 Å². The largest absolute Gasteiger partial charge is 0.336 e. The van der Waals surface area contributed by atoms with E-state index in [1.54, 1.807) is 7.05 Å². The Morgan fingerprint density at radius 1 is 1.27 bits per heavy atom. The normalized spacial score (nSPS) is 17.9. The number of carbonyl (C=O) groups excluding carboxylic acids is 2. The van der Waals surface area contributed by atoms with Gasteiger partial charge in [0, 0.05) is 19.0 Å². The molecular weight excluding hydrogens is 276 g/mol. The minimum absolute atomic E-state index is 0.00841. The zero-order chi connectivity index (χ0) is 16.5. The van der Waals surface area contributed by atoms with Crippen LogP contribution in [0.1, 0.15) is 44.9 Å². The van der Waals surface area contributed by atoms with E-state index in [2.05, 4.69) is 19.1 Å². The highest BCUT2D eigenvalue weighted by Gasteiger charge is 2.31. The average Bonchev–Trinajstić information content (AvgIpc) is 2.45. The number of nitrogens with zero attached hydrogens (tertiary/aromatic N) is 2. The number of benzene rings is 1. The van der Waals surface area contributed by atoms with Crippen molar-refractivity contribution in [1.29, 1.82) is 0 Å². The monoisotopic (exact) mass is 302 g/mol. The van der Waals surface area contributed by atoms with Gasteiger partial charge in [0.25, 0.3) is 0 Å². The van der Waals surface area contributed by atoms with Crippen LogP contribution in [-0.4, -0.2) is 41.8 Å². The molecule has 22 heavy (non-hydrogen) atoms.